The van der Waals surface area contributed by atoms with Crippen LogP contribution in [0.25, 0.3) is 0 Å². The highest BCUT2D eigenvalue weighted by molar-refractivity contribution is 5.75. The maximum Gasteiger partial charge on any atom is 0.322 e. The Hall–Kier alpha value is -0.650. The molecule has 0 saturated heterocycles. The van der Waals surface area contributed by atoms with Crippen LogP contribution in [0.4, 0.5) is 0 Å². The lowest BCUT2D eigenvalue weighted by atomic mass is 10.1. The van der Waals surface area contributed by atoms with Gasteiger partial charge in [-0.2, -0.15) is 0 Å². The van der Waals surface area contributed by atoms with Crippen molar-refractivity contribution >= 4 is 5.97 Å². The SMILES string of the molecule is CCCCC(NCCOCCOC)C(=O)OC. The average Bonchev–Trinajstić information content (AvgIpc) is 2.36. The fourth-order valence-corrected chi connectivity index (χ4v) is 1.40. The van der Waals surface area contributed by atoms with E-state index in [9.17, 15) is 4.79 Å². The van der Waals surface area contributed by atoms with E-state index in [0.29, 0.717) is 26.4 Å². The van der Waals surface area contributed by atoms with Crippen molar-refractivity contribution in [3.8, 4) is 0 Å². The lowest BCUT2D eigenvalue weighted by Gasteiger charge is -2.16. The molecule has 17 heavy (non-hydrogen) atoms. The average molecular weight is 247 g/mol. The lowest BCUT2D eigenvalue weighted by molar-refractivity contribution is -0.143. The highest BCUT2D eigenvalue weighted by atomic mass is 16.5. The molecule has 0 spiro atoms. The van der Waals surface area contributed by atoms with E-state index in [1.807, 2.05) is 0 Å². The zero-order chi connectivity index (χ0) is 12.9. The van der Waals surface area contributed by atoms with Crippen LogP contribution in [0.1, 0.15) is 26.2 Å². The molecule has 0 aromatic heterocycles. The topological polar surface area (TPSA) is 56.8 Å². The summed E-state index contributed by atoms with van der Waals surface area (Å²) in [6.45, 7) is 4.49. The number of nitrogens with one attached hydrogen (secondary N) is 1. The smallest absolute Gasteiger partial charge is 0.322 e. The maximum absolute atomic E-state index is 11.4. The van der Waals surface area contributed by atoms with Crippen molar-refractivity contribution < 1.29 is 19.0 Å². The quantitative estimate of drug-likeness (QED) is 0.435. The number of ether oxygens (including phenoxy) is 3. The largest absolute Gasteiger partial charge is 0.468 e. The van der Waals surface area contributed by atoms with E-state index in [0.717, 1.165) is 19.3 Å². The molecule has 0 heterocycles. The number of unbranched alkanes of at least 4 members (excludes halogenated alkanes) is 1. The fourth-order valence-electron chi connectivity index (χ4n) is 1.40. The normalized spacial score (nSPS) is 12.4. The van der Waals surface area contributed by atoms with Crippen molar-refractivity contribution in [1.82, 2.24) is 5.32 Å². The minimum atomic E-state index is -0.217. The summed E-state index contributed by atoms with van der Waals surface area (Å²) in [4.78, 5) is 11.4. The molecule has 1 unspecified atom stereocenters. The molecule has 1 N–H and O–H groups in total. The molecule has 0 saturated carbocycles. The summed E-state index contributed by atoms with van der Waals surface area (Å²) in [6, 6.07) is -0.217. The second-order valence-electron chi connectivity index (χ2n) is 3.78. The molecule has 0 amide bonds. The third-order valence-electron chi connectivity index (χ3n) is 2.40. The van der Waals surface area contributed by atoms with Crippen LogP contribution in [0.3, 0.4) is 0 Å². The Bertz CT molecular complexity index is 187. The molecular formula is C12H25NO4. The van der Waals surface area contributed by atoms with Gasteiger partial charge in [0.1, 0.15) is 6.04 Å². The van der Waals surface area contributed by atoms with Crippen LogP contribution in [0.15, 0.2) is 0 Å². The predicted octanol–water partition coefficient (Wildman–Crippen LogP) is 0.971. The molecule has 0 aliphatic carbocycles. The monoisotopic (exact) mass is 247 g/mol. The van der Waals surface area contributed by atoms with Crippen LogP contribution in [-0.2, 0) is 19.0 Å². The van der Waals surface area contributed by atoms with E-state index in [-0.39, 0.29) is 12.0 Å². The van der Waals surface area contributed by atoms with Crippen molar-refractivity contribution in [2.45, 2.75) is 32.2 Å². The van der Waals surface area contributed by atoms with Crippen molar-refractivity contribution in [3.63, 3.8) is 0 Å². The maximum atomic E-state index is 11.4. The highest BCUT2D eigenvalue weighted by Gasteiger charge is 2.17. The molecule has 5 heteroatoms. The first-order valence-corrected chi connectivity index (χ1v) is 6.14. The van der Waals surface area contributed by atoms with Gasteiger partial charge in [-0.3, -0.25) is 4.79 Å². The van der Waals surface area contributed by atoms with Crippen LogP contribution in [-0.4, -0.2) is 52.6 Å². The van der Waals surface area contributed by atoms with Crippen LogP contribution in [0.2, 0.25) is 0 Å². The Labute approximate surface area is 104 Å². The first-order valence-electron chi connectivity index (χ1n) is 6.14. The minimum absolute atomic E-state index is 0.199. The second-order valence-corrected chi connectivity index (χ2v) is 3.78. The molecule has 0 aromatic rings. The Morgan fingerprint density at radius 3 is 2.59 bits per heavy atom. The Kier molecular flexibility index (Phi) is 11.4. The summed E-state index contributed by atoms with van der Waals surface area (Å²) in [5.41, 5.74) is 0. The molecule has 0 aromatic carbocycles. The van der Waals surface area contributed by atoms with Crippen molar-refractivity contribution in [1.29, 1.82) is 0 Å². The van der Waals surface area contributed by atoms with Gasteiger partial charge in [0.2, 0.25) is 0 Å². The van der Waals surface area contributed by atoms with Gasteiger partial charge in [0, 0.05) is 13.7 Å². The van der Waals surface area contributed by atoms with Crippen LogP contribution in [0.5, 0.6) is 0 Å². The van der Waals surface area contributed by atoms with Gasteiger partial charge in [0.15, 0.2) is 0 Å². The van der Waals surface area contributed by atoms with Gasteiger partial charge in [-0.25, -0.2) is 0 Å². The van der Waals surface area contributed by atoms with E-state index in [4.69, 9.17) is 14.2 Å². The van der Waals surface area contributed by atoms with Crippen molar-refractivity contribution in [3.05, 3.63) is 0 Å². The summed E-state index contributed by atoms with van der Waals surface area (Å²) in [7, 11) is 3.05. The molecular weight excluding hydrogens is 222 g/mol. The molecule has 0 bridgehead atoms. The summed E-state index contributed by atoms with van der Waals surface area (Å²) in [5.74, 6) is -0.199. The standard InChI is InChI=1S/C12H25NO4/c1-4-5-6-11(12(14)16-3)13-7-8-17-10-9-15-2/h11,13H,4-10H2,1-3H3. The second kappa shape index (κ2) is 11.8. The third-order valence-corrected chi connectivity index (χ3v) is 2.40. The van der Waals surface area contributed by atoms with Crippen LogP contribution >= 0.6 is 0 Å². The van der Waals surface area contributed by atoms with Crippen LogP contribution < -0.4 is 5.32 Å². The van der Waals surface area contributed by atoms with Gasteiger partial charge in [-0.15, -0.1) is 0 Å². The Morgan fingerprint density at radius 1 is 1.24 bits per heavy atom. The van der Waals surface area contributed by atoms with E-state index < -0.39 is 0 Å². The first-order chi connectivity index (χ1) is 8.26. The lowest BCUT2D eigenvalue weighted by Crippen LogP contribution is -2.39. The summed E-state index contributed by atoms with van der Waals surface area (Å²) < 4.78 is 14.9. The molecule has 0 aliphatic heterocycles. The molecule has 0 aliphatic rings. The Morgan fingerprint density at radius 2 is 2.00 bits per heavy atom. The first kappa shape index (κ1) is 16.4. The van der Waals surface area contributed by atoms with Crippen molar-refractivity contribution in [2.24, 2.45) is 0 Å². The summed E-state index contributed by atoms with van der Waals surface area (Å²) >= 11 is 0. The number of hydrogen-bond donors (Lipinski definition) is 1. The van der Waals surface area contributed by atoms with Crippen LogP contribution in [0, 0.1) is 0 Å². The van der Waals surface area contributed by atoms with E-state index in [1.54, 1.807) is 7.11 Å². The van der Waals surface area contributed by atoms with Gasteiger partial charge in [-0.05, 0) is 6.42 Å². The van der Waals surface area contributed by atoms with Gasteiger partial charge < -0.3 is 19.5 Å². The molecule has 102 valence electrons. The minimum Gasteiger partial charge on any atom is -0.468 e. The van der Waals surface area contributed by atoms with Gasteiger partial charge in [0.05, 0.1) is 26.9 Å². The Balaban J connectivity index is 3.64. The highest BCUT2D eigenvalue weighted by Crippen LogP contribution is 2.02. The van der Waals surface area contributed by atoms with Gasteiger partial charge >= 0.3 is 5.97 Å². The number of esters is 1. The van der Waals surface area contributed by atoms with E-state index in [2.05, 4.69) is 12.2 Å². The molecule has 1 atom stereocenters. The molecule has 0 radical (unpaired) electrons. The van der Waals surface area contributed by atoms with Gasteiger partial charge in [0.25, 0.3) is 0 Å². The zero-order valence-corrected chi connectivity index (χ0v) is 11.2. The predicted molar refractivity (Wildman–Crippen MR) is 66.0 cm³/mol. The fraction of sp³-hybridized carbons (Fsp3) is 0.917. The molecule has 0 fully saturated rings. The number of hydrogen-bond acceptors (Lipinski definition) is 5. The summed E-state index contributed by atoms with van der Waals surface area (Å²) in [5, 5.41) is 3.14. The molecule has 0 rings (SSSR count). The third kappa shape index (κ3) is 9.09. The number of rotatable bonds is 11. The van der Waals surface area contributed by atoms with Gasteiger partial charge in [-0.1, -0.05) is 19.8 Å². The number of methoxy groups -OCH3 is 2. The van der Waals surface area contributed by atoms with E-state index in [1.165, 1.54) is 7.11 Å². The van der Waals surface area contributed by atoms with E-state index >= 15 is 0 Å². The molecule has 5 nitrogen and oxygen atoms in total. The van der Waals surface area contributed by atoms with Crippen molar-refractivity contribution in [2.75, 3.05) is 40.6 Å². The zero-order valence-electron chi connectivity index (χ0n) is 11.2. The number of carbonyl (C=O) groups excluding carboxylic acids is 1. The summed E-state index contributed by atoms with van der Waals surface area (Å²) in [6.07, 6.45) is 2.89. The number of carbonyl (C=O) groups is 1.